The van der Waals surface area contributed by atoms with E-state index in [2.05, 4.69) is 9.72 Å². The molecule has 0 bridgehead atoms. The van der Waals surface area contributed by atoms with Crippen LogP contribution in [0.5, 0.6) is 0 Å². The van der Waals surface area contributed by atoms with Gasteiger partial charge in [0.05, 0.1) is 12.7 Å². The second kappa shape index (κ2) is 5.06. The lowest BCUT2D eigenvalue weighted by molar-refractivity contribution is 0.0601. The van der Waals surface area contributed by atoms with Gasteiger partial charge in [-0.25, -0.2) is 4.79 Å². The second-order valence-electron chi connectivity index (χ2n) is 3.63. The summed E-state index contributed by atoms with van der Waals surface area (Å²) >= 11 is 6.07. The highest BCUT2D eigenvalue weighted by atomic mass is 35.5. The van der Waals surface area contributed by atoms with Gasteiger partial charge in [0.25, 0.3) is 0 Å². The highest BCUT2D eigenvalue weighted by molar-refractivity contribution is 6.33. The average molecular weight is 264 g/mol. The molecule has 0 aliphatic carbocycles. The Morgan fingerprint density at radius 1 is 1.28 bits per heavy atom. The summed E-state index contributed by atoms with van der Waals surface area (Å²) in [6.45, 7) is 0. The summed E-state index contributed by atoms with van der Waals surface area (Å²) in [5.74, 6) is -0.433. The van der Waals surface area contributed by atoms with Gasteiger partial charge >= 0.3 is 5.97 Å². The molecule has 2 rings (SSSR count). The number of hydrogen-bond acceptors (Lipinski definition) is 3. The molecule has 0 radical (unpaired) electrons. The SMILES string of the molecule is COC(=O)c1ccc(Cl)c(-c2ccc(=O)[nH]c2)c1. The molecule has 0 aliphatic rings. The average Bonchev–Trinajstić information content (AvgIpc) is 2.39. The first-order chi connectivity index (χ1) is 8.61. The molecule has 0 amide bonds. The van der Waals surface area contributed by atoms with Gasteiger partial charge in [-0.05, 0) is 29.8 Å². The van der Waals surface area contributed by atoms with Crippen molar-refractivity contribution in [3.8, 4) is 11.1 Å². The number of ether oxygens (including phenoxy) is 1. The lowest BCUT2D eigenvalue weighted by Gasteiger charge is -2.06. The van der Waals surface area contributed by atoms with Crippen LogP contribution in [0, 0.1) is 0 Å². The molecule has 1 N–H and O–H groups in total. The Morgan fingerprint density at radius 2 is 2.06 bits per heavy atom. The van der Waals surface area contributed by atoms with Crippen LogP contribution in [0.25, 0.3) is 11.1 Å². The lowest BCUT2D eigenvalue weighted by Crippen LogP contribution is -2.03. The van der Waals surface area contributed by atoms with Crippen molar-refractivity contribution in [2.75, 3.05) is 7.11 Å². The molecular formula is C13H10ClNO3. The van der Waals surface area contributed by atoms with Crippen molar-refractivity contribution in [2.45, 2.75) is 0 Å². The number of aromatic amines is 1. The third-order valence-corrected chi connectivity index (χ3v) is 2.81. The number of carbonyl (C=O) groups is 1. The molecular weight excluding hydrogens is 254 g/mol. The number of H-pyrrole nitrogens is 1. The Balaban J connectivity index is 2.52. The molecule has 1 aromatic heterocycles. The van der Waals surface area contributed by atoms with Crippen LogP contribution in [0.1, 0.15) is 10.4 Å². The van der Waals surface area contributed by atoms with E-state index in [0.29, 0.717) is 16.1 Å². The predicted molar refractivity (Wildman–Crippen MR) is 68.8 cm³/mol. The van der Waals surface area contributed by atoms with Crippen LogP contribution in [0.4, 0.5) is 0 Å². The number of aromatic nitrogens is 1. The summed E-state index contributed by atoms with van der Waals surface area (Å²) in [5, 5.41) is 0.495. The van der Waals surface area contributed by atoms with Crippen LogP contribution in [0.15, 0.2) is 41.3 Å². The molecule has 0 unspecified atom stereocenters. The highest BCUT2D eigenvalue weighted by Crippen LogP contribution is 2.28. The number of carbonyl (C=O) groups excluding carboxylic acids is 1. The Hall–Kier alpha value is -2.07. The smallest absolute Gasteiger partial charge is 0.337 e. The molecule has 0 spiro atoms. The summed E-state index contributed by atoms with van der Waals surface area (Å²) in [6, 6.07) is 7.87. The van der Waals surface area contributed by atoms with Crippen LogP contribution in [0.3, 0.4) is 0 Å². The summed E-state index contributed by atoms with van der Waals surface area (Å²) < 4.78 is 4.65. The number of benzene rings is 1. The van der Waals surface area contributed by atoms with Gasteiger partial charge in [0, 0.05) is 22.8 Å². The molecule has 18 heavy (non-hydrogen) atoms. The first kappa shape index (κ1) is 12.4. The van der Waals surface area contributed by atoms with Gasteiger partial charge in [-0.1, -0.05) is 11.6 Å². The van der Waals surface area contributed by atoms with E-state index >= 15 is 0 Å². The third kappa shape index (κ3) is 2.43. The quantitative estimate of drug-likeness (QED) is 0.847. The number of halogens is 1. The van der Waals surface area contributed by atoms with Gasteiger partial charge < -0.3 is 9.72 Å². The van der Waals surface area contributed by atoms with Gasteiger partial charge in [-0.15, -0.1) is 0 Å². The number of rotatable bonds is 2. The topological polar surface area (TPSA) is 59.2 Å². The predicted octanol–water partition coefficient (Wildman–Crippen LogP) is 2.48. The number of hydrogen-bond donors (Lipinski definition) is 1. The van der Waals surface area contributed by atoms with Crippen molar-refractivity contribution in [3.05, 3.63) is 57.5 Å². The lowest BCUT2D eigenvalue weighted by atomic mass is 10.0. The first-order valence-corrected chi connectivity index (χ1v) is 5.56. The maximum Gasteiger partial charge on any atom is 0.337 e. The van der Waals surface area contributed by atoms with E-state index in [1.165, 1.54) is 13.2 Å². The molecule has 0 atom stereocenters. The van der Waals surface area contributed by atoms with Gasteiger partial charge in [-0.2, -0.15) is 0 Å². The fourth-order valence-corrected chi connectivity index (χ4v) is 1.80. The van der Waals surface area contributed by atoms with Crippen molar-refractivity contribution in [3.63, 3.8) is 0 Å². The van der Waals surface area contributed by atoms with Crippen molar-refractivity contribution >= 4 is 17.6 Å². The molecule has 4 nitrogen and oxygen atoms in total. The molecule has 0 saturated carbocycles. The minimum Gasteiger partial charge on any atom is -0.465 e. The van der Waals surface area contributed by atoms with Gasteiger partial charge in [0.15, 0.2) is 0 Å². The van der Waals surface area contributed by atoms with Crippen molar-refractivity contribution in [2.24, 2.45) is 0 Å². The van der Waals surface area contributed by atoms with E-state index in [-0.39, 0.29) is 5.56 Å². The van der Waals surface area contributed by atoms with Gasteiger partial charge in [0.1, 0.15) is 0 Å². The minimum absolute atomic E-state index is 0.195. The van der Waals surface area contributed by atoms with Crippen LogP contribution in [0.2, 0.25) is 5.02 Å². The Kier molecular flexibility index (Phi) is 3.48. The molecule has 1 aromatic carbocycles. The van der Waals surface area contributed by atoms with Gasteiger partial charge in [-0.3, -0.25) is 4.79 Å². The van der Waals surface area contributed by atoms with Crippen molar-refractivity contribution < 1.29 is 9.53 Å². The normalized spacial score (nSPS) is 10.1. The number of methoxy groups -OCH3 is 1. The van der Waals surface area contributed by atoms with Gasteiger partial charge in [0.2, 0.25) is 5.56 Å². The zero-order valence-electron chi connectivity index (χ0n) is 9.57. The number of pyridine rings is 1. The highest BCUT2D eigenvalue weighted by Gasteiger charge is 2.10. The largest absolute Gasteiger partial charge is 0.465 e. The van der Waals surface area contributed by atoms with Crippen LogP contribution < -0.4 is 5.56 Å². The van der Waals surface area contributed by atoms with E-state index < -0.39 is 5.97 Å². The fourth-order valence-electron chi connectivity index (χ4n) is 1.57. The summed E-state index contributed by atoms with van der Waals surface area (Å²) in [6.07, 6.45) is 1.55. The zero-order valence-corrected chi connectivity index (χ0v) is 10.3. The molecule has 1 heterocycles. The van der Waals surface area contributed by atoms with E-state index in [1.54, 1.807) is 30.5 Å². The Morgan fingerprint density at radius 3 is 2.67 bits per heavy atom. The summed E-state index contributed by atoms with van der Waals surface area (Å²) in [5.41, 5.74) is 1.60. The third-order valence-electron chi connectivity index (χ3n) is 2.48. The van der Waals surface area contributed by atoms with E-state index in [1.807, 2.05) is 0 Å². The molecule has 0 saturated heterocycles. The Labute approximate surface area is 108 Å². The summed E-state index contributed by atoms with van der Waals surface area (Å²) in [4.78, 5) is 25.0. The number of esters is 1. The maximum atomic E-state index is 11.4. The van der Waals surface area contributed by atoms with E-state index in [9.17, 15) is 9.59 Å². The van der Waals surface area contributed by atoms with E-state index in [4.69, 9.17) is 11.6 Å². The fraction of sp³-hybridized carbons (Fsp3) is 0.0769. The first-order valence-electron chi connectivity index (χ1n) is 5.19. The molecule has 2 aromatic rings. The van der Waals surface area contributed by atoms with Crippen molar-refractivity contribution in [1.82, 2.24) is 4.98 Å². The molecule has 92 valence electrons. The molecule has 0 fully saturated rings. The standard InChI is InChI=1S/C13H10ClNO3/c1-18-13(17)8-2-4-11(14)10(6-8)9-3-5-12(16)15-7-9/h2-7H,1H3,(H,15,16). The molecule has 5 heteroatoms. The number of nitrogens with one attached hydrogen (secondary N) is 1. The van der Waals surface area contributed by atoms with Crippen LogP contribution in [-0.4, -0.2) is 18.1 Å². The van der Waals surface area contributed by atoms with Crippen molar-refractivity contribution in [1.29, 1.82) is 0 Å². The van der Waals surface area contributed by atoms with E-state index in [0.717, 1.165) is 5.56 Å². The monoisotopic (exact) mass is 263 g/mol. The Bertz CT molecular complexity index is 628. The summed E-state index contributed by atoms with van der Waals surface area (Å²) in [7, 11) is 1.32. The van der Waals surface area contributed by atoms with Crippen LogP contribution in [-0.2, 0) is 4.74 Å². The minimum atomic E-state index is -0.433. The second-order valence-corrected chi connectivity index (χ2v) is 4.04. The maximum absolute atomic E-state index is 11.4. The zero-order chi connectivity index (χ0) is 13.1. The molecule has 0 aliphatic heterocycles. The van der Waals surface area contributed by atoms with Crippen LogP contribution >= 0.6 is 11.6 Å².